The first kappa shape index (κ1) is 16.8. The maximum atomic E-state index is 11.1. The Kier molecular flexibility index (Phi) is 3.83. The van der Waals surface area contributed by atoms with Crippen molar-refractivity contribution in [3.8, 4) is 0 Å². The van der Waals surface area contributed by atoms with E-state index in [4.69, 9.17) is 34.4 Å². The van der Waals surface area contributed by atoms with Crippen LogP contribution in [0.4, 0.5) is 0 Å². The van der Waals surface area contributed by atoms with Gasteiger partial charge in [-0.2, -0.15) is 8.42 Å². The molecular weight excluding hydrogens is 340 g/mol. The molecule has 0 aliphatic carbocycles. The van der Waals surface area contributed by atoms with Crippen molar-refractivity contribution in [2.45, 2.75) is 63.4 Å². The Morgan fingerprint density at radius 1 is 1.14 bits per heavy atom. The van der Waals surface area contributed by atoms with Crippen LogP contribution < -0.4 is 0 Å². The molecule has 3 aliphatic rings. The average molecular weight is 359 g/mol. The lowest BCUT2D eigenvalue weighted by molar-refractivity contribution is -0.290. The van der Waals surface area contributed by atoms with Crippen LogP contribution >= 0.6 is 10.7 Å². The minimum absolute atomic E-state index is 0.162. The molecular formula is C12H19ClO8S. The first-order valence-corrected chi connectivity index (χ1v) is 9.12. The summed E-state index contributed by atoms with van der Waals surface area (Å²) < 4.78 is 55.8. The highest BCUT2D eigenvalue weighted by molar-refractivity contribution is 8.09. The van der Waals surface area contributed by atoms with E-state index in [1.807, 2.05) is 0 Å². The van der Waals surface area contributed by atoms with Gasteiger partial charge in [0.05, 0.1) is 6.61 Å². The Morgan fingerprint density at radius 2 is 1.82 bits per heavy atom. The smallest absolute Gasteiger partial charge is 0.343 e. The van der Waals surface area contributed by atoms with Gasteiger partial charge in [-0.25, -0.2) is 0 Å². The summed E-state index contributed by atoms with van der Waals surface area (Å²) in [6.45, 7) is 6.69. The van der Waals surface area contributed by atoms with E-state index < -0.39 is 45.5 Å². The van der Waals surface area contributed by atoms with E-state index in [-0.39, 0.29) is 12.7 Å². The maximum absolute atomic E-state index is 11.1. The molecule has 3 heterocycles. The molecule has 0 unspecified atom stereocenters. The summed E-state index contributed by atoms with van der Waals surface area (Å²) in [6, 6.07) is 0. The Labute approximate surface area is 133 Å². The van der Waals surface area contributed by atoms with E-state index in [0.29, 0.717) is 0 Å². The van der Waals surface area contributed by atoms with E-state index >= 15 is 0 Å². The minimum atomic E-state index is -4.16. The normalized spacial score (nSPS) is 42.9. The highest BCUT2D eigenvalue weighted by atomic mass is 35.7. The van der Waals surface area contributed by atoms with Crippen molar-refractivity contribution in [2.24, 2.45) is 0 Å². The number of fused-ring (bicyclic) bond motifs is 3. The molecule has 128 valence electrons. The lowest BCUT2D eigenvalue weighted by atomic mass is 9.98. The summed E-state index contributed by atoms with van der Waals surface area (Å²) in [7, 11) is 0.944. The van der Waals surface area contributed by atoms with Crippen molar-refractivity contribution in [1.82, 2.24) is 0 Å². The fraction of sp³-hybridized carbons (Fsp3) is 1.00. The largest absolute Gasteiger partial charge is 0.355 e. The van der Waals surface area contributed by atoms with E-state index in [1.54, 1.807) is 27.7 Å². The molecule has 0 saturated carbocycles. The van der Waals surface area contributed by atoms with Crippen LogP contribution in [0.15, 0.2) is 0 Å². The van der Waals surface area contributed by atoms with E-state index in [2.05, 4.69) is 4.18 Å². The van der Waals surface area contributed by atoms with E-state index in [0.717, 1.165) is 0 Å². The molecule has 0 spiro atoms. The summed E-state index contributed by atoms with van der Waals surface area (Å²) in [5.41, 5.74) is 0. The molecule has 4 atom stereocenters. The molecule has 0 N–H and O–H groups in total. The fourth-order valence-corrected chi connectivity index (χ4v) is 3.54. The van der Waals surface area contributed by atoms with Crippen molar-refractivity contribution < 1.29 is 36.3 Å². The lowest BCUT2D eigenvalue weighted by Gasteiger charge is -2.39. The number of halogens is 1. The van der Waals surface area contributed by atoms with Crippen LogP contribution in [0.1, 0.15) is 27.7 Å². The molecule has 0 bridgehead atoms. The molecule has 8 nitrogen and oxygen atoms in total. The molecule has 22 heavy (non-hydrogen) atoms. The van der Waals surface area contributed by atoms with Crippen molar-refractivity contribution in [1.29, 1.82) is 0 Å². The number of rotatable bonds is 3. The first-order chi connectivity index (χ1) is 9.92. The highest BCUT2D eigenvalue weighted by Gasteiger charge is 2.65. The maximum Gasteiger partial charge on any atom is 0.355 e. The monoisotopic (exact) mass is 358 g/mol. The third-order valence-corrected chi connectivity index (χ3v) is 4.34. The molecule has 0 radical (unpaired) electrons. The first-order valence-electron chi connectivity index (χ1n) is 6.88. The Bertz CT molecular complexity index is 561. The molecule has 3 rings (SSSR count). The predicted octanol–water partition coefficient (Wildman–Crippen LogP) is 0.885. The zero-order valence-corrected chi connectivity index (χ0v) is 14.3. The number of hydrogen-bond donors (Lipinski definition) is 0. The Balaban J connectivity index is 1.87. The topological polar surface area (TPSA) is 89.5 Å². The summed E-state index contributed by atoms with van der Waals surface area (Å²) in [5, 5.41) is 0. The SMILES string of the molecule is CC1(C)O[C@H]2[C@H](CO[C@]3(COS(=O)(=O)Cl)OC(C)(C)O[C@H]23)O1. The number of hydrogen-bond acceptors (Lipinski definition) is 8. The van der Waals surface area contributed by atoms with Gasteiger partial charge in [-0.1, -0.05) is 0 Å². The second-order valence-electron chi connectivity index (χ2n) is 6.46. The molecule has 0 aromatic heterocycles. The molecule has 3 aliphatic heterocycles. The molecule has 0 aromatic carbocycles. The number of ether oxygens (including phenoxy) is 5. The van der Waals surface area contributed by atoms with Crippen LogP contribution in [-0.4, -0.2) is 57.3 Å². The zero-order chi connectivity index (χ0) is 16.4. The standard InChI is InChI=1S/C12H19ClO8S/c1-10(2)18-7-5-16-12(6-17-22(13,14)15)9(8(7)19-10)20-11(3,4)21-12/h7-9H,5-6H2,1-4H3/t7-,8-,9+,12+/m0/s1. The van der Waals surface area contributed by atoms with Gasteiger partial charge in [-0.05, 0) is 27.7 Å². The fourth-order valence-electron chi connectivity index (χ4n) is 3.10. The van der Waals surface area contributed by atoms with Gasteiger partial charge in [0.25, 0.3) is 0 Å². The van der Waals surface area contributed by atoms with Gasteiger partial charge in [0.1, 0.15) is 24.9 Å². The van der Waals surface area contributed by atoms with Gasteiger partial charge < -0.3 is 23.7 Å². The molecule has 0 aromatic rings. The van der Waals surface area contributed by atoms with Gasteiger partial charge in [0.15, 0.2) is 11.6 Å². The van der Waals surface area contributed by atoms with Crippen LogP contribution in [0.5, 0.6) is 0 Å². The van der Waals surface area contributed by atoms with Gasteiger partial charge in [-0.15, -0.1) is 0 Å². The Morgan fingerprint density at radius 3 is 2.45 bits per heavy atom. The quantitative estimate of drug-likeness (QED) is 0.687. The summed E-state index contributed by atoms with van der Waals surface area (Å²) in [4.78, 5) is 0. The molecule has 3 saturated heterocycles. The molecule has 0 amide bonds. The third-order valence-electron chi connectivity index (χ3n) is 3.68. The van der Waals surface area contributed by atoms with Crippen LogP contribution in [0, 0.1) is 0 Å². The van der Waals surface area contributed by atoms with Gasteiger partial charge in [0, 0.05) is 10.7 Å². The van der Waals surface area contributed by atoms with Crippen molar-refractivity contribution in [3.63, 3.8) is 0 Å². The second-order valence-corrected chi connectivity index (χ2v) is 8.61. The lowest BCUT2D eigenvalue weighted by Crippen LogP contribution is -2.60. The predicted molar refractivity (Wildman–Crippen MR) is 73.3 cm³/mol. The summed E-state index contributed by atoms with van der Waals surface area (Å²) in [5.74, 6) is -3.20. The van der Waals surface area contributed by atoms with Gasteiger partial charge in [-0.3, -0.25) is 4.18 Å². The van der Waals surface area contributed by atoms with Crippen molar-refractivity contribution in [3.05, 3.63) is 0 Å². The van der Waals surface area contributed by atoms with Crippen LogP contribution in [0.2, 0.25) is 0 Å². The Hall–Kier alpha value is -0.0000000000000000694. The third kappa shape index (κ3) is 3.13. The van der Waals surface area contributed by atoms with Crippen molar-refractivity contribution >= 4 is 20.0 Å². The average Bonchev–Trinajstić information content (AvgIpc) is 2.78. The summed E-state index contributed by atoms with van der Waals surface area (Å²) >= 11 is 0. The second kappa shape index (κ2) is 5.00. The van der Waals surface area contributed by atoms with Crippen LogP contribution in [-0.2, 0) is 37.2 Å². The summed E-state index contributed by atoms with van der Waals surface area (Å²) in [6.07, 6.45) is -1.51. The molecule has 10 heteroatoms. The van der Waals surface area contributed by atoms with Gasteiger partial charge >= 0.3 is 9.33 Å². The van der Waals surface area contributed by atoms with E-state index in [9.17, 15) is 8.42 Å². The zero-order valence-electron chi connectivity index (χ0n) is 12.7. The molecule has 3 fully saturated rings. The minimum Gasteiger partial charge on any atom is -0.343 e. The van der Waals surface area contributed by atoms with Gasteiger partial charge in [0.2, 0.25) is 5.79 Å². The van der Waals surface area contributed by atoms with E-state index in [1.165, 1.54) is 0 Å². The van der Waals surface area contributed by atoms with Crippen molar-refractivity contribution in [2.75, 3.05) is 13.2 Å². The highest BCUT2D eigenvalue weighted by Crippen LogP contribution is 2.47. The van der Waals surface area contributed by atoms with Crippen LogP contribution in [0.3, 0.4) is 0 Å². The van der Waals surface area contributed by atoms with Crippen LogP contribution in [0.25, 0.3) is 0 Å².